The normalized spacial score (nSPS) is 19.5. The van der Waals surface area contributed by atoms with Gasteiger partial charge >= 0.3 is 0 Å². The summed E-state index contributed by atoms with van der Waals surface area (Å²) >= 11 is 0. The van der Waals surface area contributed by atoms with Crippen LogP contribution in [0.1, 0.15) is 32.4 Å². The van der Waals surface area contributed by atoms with Gasteiger partial charge in [0.2, 0.25) is 0 Å². The molecule has 132 valence electrons. The molecule has 7 heteroatoms. The van der Waals surface area contributed by atoms with Crippen molar-refractivity contribution >= 4 is 29.9 Å². The van der Waals surface area contributed by atoms with Crippen LogP contribution < -0.4 is 5.32 Å². The number of halogens is 1. The standard InChI is InChI=1S/C16H29N5O.HI/c1-13(2)21-8-5-6-14(11-21)10-18-16(17-3)20(4)12-15-7-9-22-19-15;/h7,9,13-14H,5-6,8,10-12H2,1-4H3,(H,17,18);1H. The monoisotopic (exact) mass is 435 g/mol. The number of rotatable bonds is 5. The predicted molar refractivity (Wildman–Crippen MR) is 104 cm³/mol. The Labute approximate surface area is 156 Å². The Morgan fingerprint density at radius 1 is 1.57 bits per heavy atom. The molecule has 0 spiro atoms. The van der Waals surface area contributed by atoms with Crippen LogP contribution in [-0.4, -0.2) is 60.7 Å². The Kier molecular flexibility index (Phi) is 8.90. The Hall–Kier alpha value is -0.830. The van der Waals surface area contributed by atoms with Gasteiger partial charge < -0.3 is 19.6 Å². The molecule has 2 heterocycles. The van der Waals surface area contributed by atoms with E-state index in [0.717, 1.165) is 18.2 Å². The number of aromatic nitrogens is 1. The van der Waals surface area contributed by atoms with Gasteiger partial charge in [-0.05, 0) is 39.2 Å². The third-order valence-corrected chi connectivity index (χ3v) is 4.29. The third-order valence-electron chi connectivity index (χ3n) is 4.29. The van der Waals surface area contributed by atoms with E-state index in [1.165, 1.54) is 25.9 Å². The third kappa shape index (κ3) is 6.29. The predicted octanol–water partition coefficient (Wildman–Crippen LogP) is 2.42. The molecule has 1 aliphatic heterocycles. The SMILES string of the molecule is CN=C(NCC1CCCN(C(C)C)C1)N(C)Cc1ccon1.I. The minimum atomic E-state index is 0. The highest BCUT2D eigenvalue weighted by Gasteiger charge is 2.22. The van der Waals surface area contributed by atoms with Crippen molar-refractivity contribution in [1.82, 2.24) is 20.3 Å². The highest BCUT2D eigenvalue weighted by Crippen LogP contribution is 2.17. The molecule has 0 aliphatic carbocycles. The van der Waals surface area contributed by atoms with Crippen LogP contribution in [0.2, 0.25) is 0 Å². The molecule has 0 radical (unpaired) electrons. The van der Waals surface area contributed by atoms with Crippen LogP contribution in [0.4, 0.5) is 0 Å². The molecule has 0 bridgehead atoms. The number of nitrogens with one attached hydrogen (secondary N) is 1. The minimum Gasteiger partial charge on any atom is -0.364 e. The van der Waals surface area contributed by atoms with Gasteiger partial charge in [0.05, 0.1) is 6.54 Å². The number of piperidine rings is 1. The van der Waals surface area contributed by atoms with Gasteiger partial charge in [-0.1, -0.05) is 5.16 Å². The summed E-state index contributed by atoms with van der Waals surface area (Å²) in [5.41, 5.74) is 0.911. The lowest BCUT2D eigenvalue weighted by Gasteiger charge is -2.36. The summed E-state index contributed by atoms with van der Waals surface area (Å²) in [7, 11) is 3.84. The molecule has 1 aromatic heterocycles. The lowest BCUT2D eigenvalue weighted by molar-refractivity contribution is 0.140. The second-order valence-electron chi connectivity index (χ2n) is 6.37. The number of hydrogen-bond donors (Lipinski definition) is 1. The molecule has 1 aliphatic rings. The molecule has 1 unspecified atom stereocenters. The minimum absolute atomic E-state index is 0. The van der Waals surface area contributed by atoms with E-state index in [-0.39, 0.29) is 24.0 Å². The maximum atomic E-state index is 4.88. The van der Waals surface area contributed by atoms with E-state index in [4.69, 9.17) is 4.52 Å². The second-order valence-corrected chi connectivity index (χ2v) is 6.37. The van der Waals surface area contributed by atoms with Crippen molar-refractivity contribution in [3.63, 3.8) is 0 Å². The number of aliphatic imine (C=N–C) groups is 1. The first-order valence-electron chi connectivity index (χ1n) is 8.15. The van der Waals surface area contributed by atoms with E-state index in [1.54, 1.807) is 6.26 Å². The average molecular weight is 435 g/mol. The summed E-state index contributed by atoms with van der Waals surface area (Å²) < 4.78 is 4.88. The topological polar surface area (TPSA) is 56.9 Å². The maximum absolute atomic E-state index is 4.88. The summed E-state index contributed by atoms with van der Waals surface area (Å²) in [4.78, 5) is 9.00. The van der Waals surface area contributed by atoms with E-state index in [0.29, 0.717) is 18.5 Å². The highest BCUT2D eigenvalue weighted by atomic mass is 127. The smallest absolute Gasteiger partial charge is 0.193 e. The van der Waals surface area contributed by atoms with Crippen molar-refractivity contribution in [3.8, 4) is 0 Å². The van der Waals surface area contributed by atoms with Crippen LogP contribution in [0.5, 0.6) is 0 Å². The summed E-state index contributed by atoms with van der Waals surface area (Å²) in [6, 6.07) is 2.52. The number of hydrogen-bond acceptors (Lipinski definition) is 4. The molecule has 0 aromatic carbocycles. The van der Waals surface area contributed by atoms with Gasteiger partial charge in [-0.3, -0.25) is 4.99 Å². The summed E-state index contributed by atoms with van der Waals surface area (Å²) in [5, 5.41) is 7.45. The van der Waals surface area contributed by atoms with Gasteiger partial charge in [-0.15, -0.1) is 24.0 Å². The van der Waals surface area contributed by atoms with Gasteiger partial charge in [-0.2, -0.15) is 0 Å². The fraction of sp³-hybridized carbons (Fsp3) is 0.750. The largest absolute Gasteiger partial charge is 0.364 e. The second kappa shape index (κ2) is 10.1. The lowest BCUT2D eigenvalue weighted by atomic mass is 9.97. The van der Waals surface area contributed by atoms with E-state index in [2.05, 4.69) is 39.1 Å². The number of guanidine groups is 1. The molecule has 1 aromatic rings. The molecule has 23 heavy (non-hydrogen) atoms. The zero-order valence-electron chi connectivity index (χ0n) is 14.7. The molecule has 0 amide bonds. The zero-order chi connectivity index (χ0) is 15.9. The molecule has 1 N–H and O–H groups in total. The van der Waals surface area contributed by atoms with Crippen LogP contribution in [0.25, 0.3) is 0 Å². The Morgan fingerprint density at radius 3 is 2.96 bits per heavy atom. The van der Waals surface area contributed by atoms with Crippen LogP contribution in [0, 0.1) is 5.92 Å². The van der Waals surface area contributed by atoms with Gasteiger partial charge in [0.1, 0.15) is 12.0 Å². The lowest BCUT2D eigenvalue weighted by Crippen LogP contribution is -2.46. The van der Waals surface area contributed by atoms with Crippen molar-refractivity contribution in [1.29, 1.82) is 0 Å². The van der Waals surface area contributed by atoms with Crippen LogP contribution in [-0.2, 0) is 6.54 Å². The van der Waals surface area contributed by atoms with Gasteiger partial charge in [0.25, 0.3) is 0 Å². The molecule has 0 saturated carbocycles. The van der Waals surface area contributed by atoms with E-state index >= 15 is 0 Å². The van der Waals surface area contributed by atoms with Crippen LogP contribution in [0.15, 0.2) is 21.8 Å². The summed E-state index contributed by atoms with van der Waals surface area (Å²) in [6.45, 7) is 8.63. The van der Waals surface area contributed by atoms with E-state index < -0.39 is 0 Å². The first-order chi connectivity index (χ1) is 10.6. The molecule has 2 rings (SSSR count). The molecular weight excluding hydrogens is 405 g/mol. The average Bonchev–Trinajstić information content (AvgIpc) is 3.01. The quantitative estimate of drug-likeness (QED) is 0.438. The van der Waals surface area contributed by atoms with E-state index in [1.807, 2.05) is 20.2 Å². The Morgan fingerprint density at radius 2 is 2.35 bits per heavy atom. The van der Waals surface area contributed by atoms with Crippen molar-refractivity contribution in [2.24, 2.45) is 10.9 Å². The first kappa shape index (κ1) is 20.2. The highest BCUT2D eigenvalue weighted by molar-refractivity contribution is 14.0. The number of nitrogens with zero attached hydrogens (tertiary/aromatic N) is 4. The summed E-state index contributed by atoms with van der Waals surface area (Å²) in [5.74, 6) is 1.60. The molecule has 1 atom stereocenters. The summed E-state index contributed by atoms with van der Waals surface area (Å²) in [6.07, 6.45) is 4.18. The first-order valence-corrected chi connectivity index (χ1v) is 8.15. The number of likely N-dealkylation sites (tertiary alicyclic amines) is 1. The van der Waals surface area contributed by atoms with Crippen molar-refractivity contribution in [2.45, 2.75) is 39.3 Å². The molecular formula is C16H30IN5O. The molecule has 1 fully saturated rings. The molecule has 6 nitrogen and oxygen atoms in total. The van der Waals surface area contributed by atoms with Crippen molar-refractivity contribution in [2.75, 3.05) is 33.7 Å². The Balaban J connectivity index is 0.00000264. The van der Waals surface area contributed by atoms with Crippen molar-refractivity contribution < 1.29 is 4.52 Å². The van der Waals surface area contributed by atoms with Crippen LogP contribution >= 0.6 is 24.0 Å². The fourth-order valence-corrected chi connectivity index (χ4v) is 2.99. The Bertz CT molecular complexity index is 463. The zero-order valence-corrected chi connectivity index (χ0v) is 17.0. The van der Waals surface area contributed by atoms with Crippen LogP contribution in [0.3, 0.4) is 0 Å². The van der Waals surface area contributed by atoms with E-state index in [9.17, 15) is 0 Å². The van der Waals surface area contributed by atoms with Crippen molar-refractivity contribution in [3.05, 3.63) is 18.0 Å². The van der Waals surface area contributed by atoms with Gasteiger partial charge in [0, 0.05) is 39.3 Å². The van der Waals surface area contributed by atoms with Gasteiger partial charge in [-0.25, -0.2) is 0 Å². The fourth-order valence-electron chi connectivity index (χ4n) is 2.99. The maximum Gasteiger partial charge on any atom is 0.193 e. The van der Waals surface area contributed by atoms with Gasteiger partial charge in [0.15, 0.2) is 5.96 Å². The molecule has 1 saturated heterocycles.